The van der Waals surface area contributed by atoms with Gasteiger partial charge in [0.1, 0.15) is 10.9 Å². The summed E-state index contributed by atoms with van der Waals surface area (Å²) in [4.78, 5) is 41.5. The number of carbonyl (C=O) groups is 3. The van der Waals surface area contributed by atoms with Crippen LogP contribution in [0.4, 0.5) is 11.4 Å². The van der Waals surface area contributed by atoms with Crippen molar-refractivity contribution in [3.63, 3.8) is 0 Å². The molecule has 0 fully saturated rings. The van der Waals surface area contributed by atoms with Crippen LogP contribution in [0.5, 0.6) is 23.0 Å². The Morgan fingerprint density at radius 1 is 0.740 bits per heavy atom. The highest BCUT2D eigenvalue weighted by atomic mass is 32.2. The molecule has 1 unspecified atom stereocenters. The number of benzene rings is 5. The summed E-state index contributed by atoms with van der Waals surface area (Å²) >= 11 is 1.33. The second-order valence-corrected chi connectivity index (χ2v) is 12.1. The van der Waals surface area contributed by atoms with Gasteiger partial charge >= 0.3 is 0 Å². The lowest BCUT2D eigenvalue weighted by atomic mass is 10.1. The van der Waals surface area contributed by atoms with E-state index in [1.54, 1.807) is 84.9 Å². The number of para-hydroxylation sites is 1. The molecule has 0 saturated heterocycles. The second-order valence-electron chi connectivity index (χ2n) is 10.9. The van der Waals surface area contributed by atoms with E-state index in [0.29, 0.717) is 45.5 Å². The van der Waals surface area contributed by atoms with Gasteiger partial charge in [0.05, 0.1) is 14.2 Å². The smallest absolute Gasteiger partial charge is 0.272 e. The first-order chi connectivity index (χ1) is 24.4. The van der Waals surface area contributed by atoms with Crippen molar-refractivity contribution in [3.05, 3.63) is 144 Å². The minimum Gasteiger partial charge on any atom is -0.493 e. The van der Waals surface area contributed by atoms with Crippen molar-refractivity contribution in [2.75, 3.05) is 31.6 Å². The first-order valence-electron chi connectivity index (χ1n) is 15.5. The van der Waals surface area contributed by atoms with Gasteiger partial charge in [-0.05, 0) is 60.2 Å². The van der Waals surface area contributed by atoms with Crippen LogP contribution in [0.2, 0.25) is 0 Å². The Morgan fingerprint density at radius 2 is 1.46 bits per heavy atom. The van der Waals surface area contributed by atoms with Gasteiger partial charge in [-0.25, -0.2) is 0 Å². The first kappa shape index (κ1) is 33.7. The third-order valence-corrected chi connectivity index (χ3v) is 8.84. The third kappa shape index (κ3) is 8.08. The molecule has 1 aliphatic heterocycles. The van der Waals surface area contributed by atoms with Crippen LogP contribution in [-0.2, 0) is 9.59 Å². The van der Waals surface area contributed by atoms with E-state index in [2.05, 4.69) is 16.0 Å². The van der Waals surface area contributed by atoms with Crippen LogP contribution < -0.4 is 34.9 Å². The van der Waals surface area contributed by atoms with Crippen LogP contribution >= 0.6 is 11.8 Å². The van der Waals surface area contributed by atoms with Crippen molar-refractivity contribution in [3.8, 4) is 23.0 Å². The van der Waals surface area contributed by atoms with E-state index in [0.717, 1.165) is 10.5 Å². The summed E-state index contributed by atoms with van der Waals surface area (Å²) in [7, 11) is 3.02. The van der Waals surface area contributed by atoms with Crippen molar-refractivity contribution in [1.82, 2.24) is 5.32 Å². The van der Waals surface area contributed by atoms with Gasteiger partial charge in [0.2, 0.25) is 12.7 Å². The quantitative estimate of drug-likeness (QED) is 0.0922. The summed E-state index contributed by atoms with van der Waals surface area (Å²) in [5, 5.41) is 8.01. The van der Waals surface area contributed by atoms with E-state index in [1.807, 2.05) is 36.4 Å². The molecule has 0 bridgehead atoms. The van der Waals surface area contributed by atoms with E-state index in [9.17, 15) is 14.4 Å². The summed E-state index contributed by atoms with van der Waals surface area (Å²) in [5.41, 5.74) is 2.72. The average Bonchev–Trinajstić information content (AvgIpc) is 3.62. The van der Waals surface area contributed by atoms with Crippen LogP contribution in [0.15, 0.2) is 132 Å². The SMILES string of the molecule is COc1cccc(/C=C(/NC(=O)c2ccccc2)C(=O)Nc2cccc(SC(C(=O)Nc3ccc4c(c3)OCO4)c3ccccc3)c2)c1OC. The number of hydrogen-bond donors (Lipinski definition) is 3. The molecule has 11 heteroatoms. The normalized spacial score (nSPS) is 12.4. The lowest BCUT2D eigenvalue weighted by Gasteiger charge is -2.18. The monoisotopic (exact) mass is 687 g/mol. The molecule has 5 aromatic carbocycles. The maximum absolute atomic E-state index is 13.8. The molecular weight excluding hydrogens is 655 g/mol. The van der Waals surface area contributed by atoms with Gasteiger partial charge in [0.25, 0.3) is 11.8 Å². The predicted octanol–water partition coefficient (Wildman–Crippen LogP) is 7.31. The Labute approximate surface area is 293 Å². The summed E-state index contributed by atoms with van der Waals surface area (Å²) in [6, 6.07) is 35.7. The zero-order valence-corrected chi connectivity index (χ0v) is 28.0. The standard InChI is InChI=1S/C39H33N3O7S/c1-46-33-18-9-15-27(35(33)47-2)21-31(42-37(43)26-13-7-4-8-14-26)38(44)40-28-16-10-17-30(22-28)50-36(25-11-5-3-6-12-25)39(45)41-29-19-20-32-34(23-29)49-24-48-32/h3-23,36H,24H2,1-2H3,(H,40,44)(H,41,45)(H,42,43)/b31-21+. The molecule has 0 radical (unpaired) electrons. The number of fused-ring (bicyclic) bond motifs is 1. The van der Waals surface area contributed by atoms with Crippen molar-refractivity contribution in [2.24, 2.45) is 0 Å². The van der Waals surface area contributed by atoms with Gasteiger partial charge in [-0.15, -0.1) is 11.8 Å². The van der Waals surface area contributed by atoms with E-state index < -0.39 is 17.1 Å². The van der Waals surface area contributed by atoms with Crippen LogP contribution in [0, 0.1) is 0 Å². The molecule has 0 aliphatic carbocycles. The van der Waals surface area contributed by atoms with Gasteiger partial charge < -0.3 is 34.9 Å². The summed E-state index contributed by atoms with van der Waals surface area (Å²) in [6.45, 7) is 0.133. The Hall–Kier alpha value is -6.20. The Bertz CT molecular complexity index is 2040. The highest BCUT2D eigenvalue weighted by Crippen LogP contribution is 2.39. The fourth-order valence-electron chi connectivity index (χ4n) is 5.19. The molecule has 5 aromatic rings. The Kier molecular flexibility index (Phi) is 10.6. The number of methoxy groups -OCH3 is 2. The molecule has 1 aliphatic rings. The number of nitrogens with one attached hydrogen (secondary N) is 3. The summed E-state index contributed by atoms with van der Waals surface area (Å²) in [5.74, 6) is 0.785. The molecule has 252 valence electrons. The topological polar surface area (TPSA) is 124 Å². The van der Waals surface area contributed by atoms with Gasteiger partial charge in [-0.3, -0.25) is 14.4 Å². The number of thioether (sulfide) groups is 1. The average molecular weight is 688 g/mol. The molecule has 3 N–H and O–H groups in total. The number of ether oxygens (including phenoxy) is 4. The van der Waals surface area contributed by atoms with Crippen molar-refractivity contribution >= 4 is 46.9 Å². The number of carbonyl (C=O) groups excluding carboxylic acids is 3. The van der Waals surface area contributed by atoms with Crippen LogP contribution in [0.1, 0.15) is 26.7 Å². The lowest BCUT2D eigenvalue weighted by molar-refractivity contribution is -0.116. The van der Waals surface area contributed by atoms with Gasteiger partial charge in [0, 0.05) is 33.5 Å². The number of amides is 3. The fraction of sp³-hybridized carbons (Fsp3) is 0.103. The number of hydrogen-bond acceptors (Lipinski definition) is 8. The Morgan fingerprint density at radius 3 is 2.22 bits per heavy atom. The van der Waals surface area contributed by atoms with Crippen LogP contribution in [0.25, 0.3) is 6.08 Å². The maximum atomic E-state index is 13.8. The fourth-order valence-corrected chi connectivity index (χ4v) is 6.27. The predicted molar refractivity (Wildman–Crippen MR) is 193 cm³/mol. The van der Waals surface area contributed by atoms with E-state index in [4.69, 9.17) is 18.9 Å². The van der Waals surface area contributed by atoms with Gasteiger partial charge in [-0.2, -0.15) is 0 Å². The molecule has 1 atom stereocenters. The third-order valence-electron chi connectivity index (χ3n) is 7.59. The number of rotatable bonds is 12. The first-order valence-corrected chi connectivity index (χ1v) is 16.4. The zero-order valence-electron chi connectivity index (χ0n) is 27.2. The largest absolute Gasteiger partial charge is 0.493 e. The van der Waals surface area contributed by atoms with E-state index in [-0.39, 0.29) is 18.4 Å². The van der Waals surface area contributed by atoms with E-state index in [1.165, 1.54) is 32.1 Å². The zero-order chi connectivity index (χ0) is 34.9. The van der Waals surface area contributed by atoms with Crippen molar-refractivity contribution < 1.29 is 33.3 Å². The molecular formula is C39H33N3O7S. The highest BCUT2D eigenvalue weighted by molar-refractivity contribution is 8.00. The van der Waals surface area contributed by atoms with Crippen molar-refractivity contribution in [1.29, 1.82) is 0 Å². The molecule has 10 nitrogen and oxygen atoms in total. The maximum Gasteiger partial charge on any atom is 0.272 e. The second kappa shape index (κ2) is 15.8. The molecule has 0 saturated carbocycles. The number of anilines is 2. The van der Waals surface area contributed by atoms with Crippen LogP contribution in [-0.4, -0.2) is 38.7 Å². The molecule has 0 aromatic heterocycles. The summed E-state index contributed by atoms with van der Waals surface area (Å²) < 4.78 is 21.8. The molecule has 50 heavy (non-hydrogen) atoms. The van der Waals surface area contributed by atoms with Crippen molar-refractivity contribution in [2.45, 2.75) is 10.1 Å². The Balaban J connectivity index is 1.25. The molecule has 3 amide bonds. The van der Waals surface area contributed by atoms with Crippen LogP contribution in [0.3, 0.4) is 0 Å². The highest BCUT2D eigenvalue weighted by Gasteiger charge is 2.24. The minimum atomic E-state index is -0.631. The van der Waals surface area contributed by atoms with Gasteiger partial charge in [0.15, 0.2) is 23.0 Å². The minimum absolute atomic E-state index is 0.0197. The molecule has 6 rings (SSSR count). The van der Waals surface area contributed by atoms with E-state index >= 15 is 0 Å². The molecule has 0 spiro atoms. The lowest BCUT2D eigenvalue weighted by Crippen LogP contribution is -2.30. The van der Waals surface area contributed by atoms with Gasteiger partial charge in [-0.1, -0.05) is 66.7 Å². The molecule has 1 heterocycles. The summed E-state index contributed by atoms with van der Waals surface area (Å²) in [6.07, 6.45) is 1.53.